The second-order valence-electron chi connectivity index (χ2n) is 7.60. The van der Waals surface area contributed by atoms with Crippen LogP contribution in [0.3, 0.4) is 0 Å². The Bertz CT molecular complexity index is 863. The Kier molecular flexibility index (Phi) is 8.15. The Balaban J connectivity index is 1.43. The molecule has 0 radical (unpaired) electrons. The minimum Gasteiger partial charge on any atom is -0.496 e. The molecule has 0 saturated carbocycles. The van der Waals surface area contributed by atoms with Gasteiger partial charge in [0.25, 0.3) is 0 Å². The molecule has 7 heteroatoms. The fourth-order valence-electron chi connectivity index (χ4n) is 3.84. The standard InChI is InChI=1S/C24H33N5O2/c1-25-24(27(2)19-20-9-7-8-12-22(20)31-3)26-14-13-23(30)29-17-15-28(16-18-29)21-10-5-4-6-11-21/h4-12H,13-19H2,1-3H3,(H,25,26). The van der Waals surface area contributed by atoms with Gasteiger partial charge in [0.2, 0.25) is 5.91 Å². The lowest BCUT2D eigenvalue weighted by molar-refractivity contribution is -0.131. The molecule has 0 atom stereocenters. The molecule has 0 unspecified atom stereocenters. The number of piperazine rings is 1. The molecule has 1 aliphatic rings. The van der Waals surface area contributed by atoms with E-state index in [1.54, 1.807) is 14.2 Å². The van der Waals surface area contributed by atoms with Gasteiger partial charge in [0.15, 0.2) is 5.96 Å². The summed E-state index contributed by atoms with van der Waals surface area (Å²) >= 11 is 0. The predicted molar refractivity (Wildman–Crippen MR) is 126 cm³/mol. The van der Waals surface area contributed by atoms with E-state index in [1.165, 1.54) is 5.69 Å². The number of hydrogen-bond donors (Lipinski definition) is 1. The summed E-state index contributed by atoms with van der Waals surface area (Å²) in [5.41, 5.74) is 2.31. The molecule has 1 fully saturated rings. The minimum atomic E-state index is 0.183. The molecule has 1 aliphatic heterocycles. The van der Waals surface area contributed by atoms with Crippen LogP contribution in [-0.4, -0.2) is 75.6 Å². The van der Waals surface area contributed by atoms with Crippen LogP contribution >= 0.6 is 0 Å². The first-order valence-corrected chi connectivity index (χ1v) is 10.7. The number of nitrogens with one attached hydrogen (secondary N) is 1. The van der Waals surface area contributed by atoms with Gasteiger partial charge in [-0.25, -0.2) is 0 Å². The van der Waals surface area contributed by atoms with Crippen LogP contribution in [0.4, 0.5) is 5.69 Å². The van der Waals surface area contributed by atoms with Gasteiger partial charge in [-0.15, -0.1) is 0 Å². The van der Waals surface area contributed by atoms with E-state index in [1.807, 2.05) is 47.2 Å². The topological polar surface area (TPSA) is 60.4 Å². The third kappa shape index (κ3) is 6.13. The number of anilines is 1. The number of methoxy groups -OCH3 is 1. The number of para-hydroxylation sites is 2. The Hall–Kier alpha value is -3.22. The molecule has 2 aromatic carbocycles. The quantitative estimate of drug-likeness (QED) is 0.548. The molecule has 31 heavy (non-hydrogen) atoms. The fraction of sp³-hybridized carbons (Fsp3) is 0.417. The first-order valence-electron chi connectivity index (χ1n) is 10.7. The molecule has 7 nitrogen and oxygen atoms in total. The summed E-state index contributed by atoms with van der Waals surface area (Å²) in [4.78, 5) is 23.3. The molecule has 3 rings (SSSR count). The number of ether oxygens (including phenoxy) is 1. The number of carbonyl (C=O) groups excluding carboxylic acids is 1. The molecule has 0 spiro atoms. The molecule has 166 valence electrons. The van der Waals surface area contributed by atoms with Gasteiger partial charge in [-0.2, -0.15) is 0 Å². The Labute approximate surface area is 185 Å². The highest BCUT2D eigenvalue weighted by atomic mass is 16.5. The lowest BCUT2D eigenvalue weighted by Crippen LogP contribution is -2.49. The number of guanidine groups is 1. The van der Waals surface area contributed by atoms with E-state index in [0.717, 1.165) is 43.5 Å². The molecule has 0 aliphatic carbocycles. The first-order chi connectivity index (χ1) is 15.1. The summed E-state index contributed by atoms with van der Waals surface area (Å²) < 4.78 is 5.43. The Morgan fingerprint density at radius 3 is 2.42 bits per heavy atom. The molecular formula is C24H33N5O2. The van der Waals surface area contributed by atoms with Crippen molar-refractivity contribution < 1.29 is 9.53 Å². The zero-order chi connectivity index (χ0) is 22.1. The molecule has 2 aromatic rings. The van der Waals surface area contributed by atoms with Crippen LogP contribution in [0, 0.1) is 0 Å². The number of benzene rings is 2. The van der Waals surface area contributed by atoms with Crippen LogP contribution in [-0.2, 0) is 11.3 Å². The van der Waals surface area contributed by atoms with Crippen LogP contribution in [0.15, 0.2) is 59.6 Å². The van der Waals surface area contributed by atoms with E-state index in [0.29, 0.717) is 19.5 Å². The number of nitrogens with zero attached hydrogens (tertiary/aromatic N) is 4. The van der Waals surface area contributed by atoms with Crippen LogP contribution in [0.25, 0.3) is 0 Å². The van der Waals surface area contributed by atoms with E-state index in [4.69, 9.17) is 4.74 Å². The average molecular weight is 424 g/mol. The van der Waals surface area contributed by atoms with E-state index in [-0.39, 0.29) is 5.91 Å². The van der Waals surface area contributed by atoms with Crippen LogP contribution in [0.5, 0.6) is 5.75 Å². The molecular weight excluding hydrogens is 390 g/mol. The normalized spacial score (nSPS) is 14.4. The van der Waals surface area contributed by atoms with Gasteiger partial charge in [0, 0.05) is 71.0 Å². The molecule has 1 heterocycles. The highest BCUT2D eigenvalue weighted by molar-refractivity contribution is 5.81. The van der Waals surface area contributed by atoms with Crippen molar-refractivity contribution in [2.24, 2.45) is 4.99 Å². The molecule has 1 amide bonds. The van der Waals surface area contributed by atoms with Crippen LogP contribution in [0.2, 0.25) is 0 Å². The van der Waals surface area contributed by atoms with Gasteiger partial charge in [-0.1, -0.05) is 36.4 Å². The van der Waals surface area contributed by atoms with Gasteiger partial charge >= 0.3 is 0 Å². The van der Waals surface area contributed by atoms with E-state index in [2.05, 4.69) is 39.5 Å². The van der Waals surface area contributed by atoms with Crippen molar-refractivity contribution >= 4 is 17.6 Å². The Morgan fingerprint density at radius 2 is 1.74 bits per heavy atom. The third-order valence-corrected chi connectivity index (χ3v) is 5.55. The summed E-state index contributed by atoms with van der Waals surface area (Å²) in [6.07, 6.45) is 0.451. The summed E-state index contributed by atoms with van der Waals surface area (Å²) in [5, 5.41) is 3.31. The van der Waals surface area contributed by atoms with Crippen molar-refractivity contribution in [3.63, 3.8) is 0 Å². The maximum absolute atomic E-state index is 12.7. The number of amides is 1. The summed E-state index contributed by atoms with van der Waals surface area (Å²) in [5.74, 6) is 1.80. The monoisotopic (exact) mass is 423 g/mol. The number of aliphatic imine (C=N–C) groups is 1. The van der Waals surface area contributed by atoms with Crippen molar-refractivity contribution in [1.82, 2.24) is 15.1 Å². The number of hydrogen-bond acceptors (Lipinski definition) is 4. The van der Waals surface area contributed by atoms with Crippen molar-refractivity contribution in [1.29, 1.82) is 0 Å². The summed E-state index contributed by atoms with van der Waals surface area (Å²) in [7, 11) is 5.41. The highest BCUT2D eigenvalue weighted by Crippen LogP contribution is 2.19. The Morgan fingerprint density at radius 1 is 1.06 bits per heavy atom. The van der Waals surface area contributed by atoms with E-state index in [9.17, 15) is 4.79 Å². The van der Waals surface area contributed by atoms with Crippen LogP contribution < -0.4 is 15.0 Å². The third-order valence-electron chi connectivity index (χ3n) is 5.55. The van der Waals surface area contributed by atoms with Gasteiger partial charge in [-0.3, -0.25) is 9.79 Å². The smallest absolute Gasteiger partial charge is 0.224 e. The van der Waals surface area contributed by atoms with Gasteiger partial charge in [0.05, 0.1) is 7.11 Å². The van der Waals surface area contributed by atoms with Crippen molar-refractivity contribution in [3.8, 4) is 5.75 Å². The number of carbonyl (C=O) groups is 1. The molecule has 1 N–H and O–H groups in total. The van der Waals surface area contributed by atoms with Crippen molar-refractivity contribution in [2.45, 2.75) is 13.0 Å². The zero-order valence-corrected chi connectivity index (χ0v) is 18.8. The molecule has 1 saturated heterocycles. The summed E-state index contributed by atoms with van der Waals surface area (Å²) in [6.45, 7) is 4.48. The molecule has 0 aromatic heterocycles. The van der Waals surface area contributed by atoms with Gasteiger partial charge in [0.1, 0.15) is 5.75 Å². The number of rotatable bonds is 7. The SMILES string of the molecule is CN=C(NCCC(=O)N1CCN(c2ccccc2)CC1)N(C)Cc1ccccc1OC. The van der Waals surface area contributed by atoms with Gasteiger partial charge < -0.3 is 24.8 Å². The lowest BCUT2D eigenvalue weighted by atomic mass is 10.2. The predicted octanol–water partition coefficient (Wildman–Crippen LogP) is 2.44. The zero-order valence-electron chi connectivity index (χ0n) is 18.8. The fourth-order valence-corrected chi connectivity index (χ4v) is 3.84. The second kappa shape index (κ2) is 11.2. The van der Waals surface area contributed by atoms with E-state index < -0.39 is 0 Å². The molecule has 0 bridgehead atoms. The lowest BCUT2D eigenvalue weighted by Gasteiger charge is -2.36. The van der Waals surface area contributed by atoms with Crippen molar-refractivity contribution in [2.75, 3.05) is 58.8 Å². The van der Waals surface area contributed by atoms with Crippen molar-refractivity contribution in [3.05, 3.63) is 60.2 Å². The van der Waals surface area contributed by atoms with E-state index >= 15 is 0 Å². The second-order valence-corrected chi connectivity index (χ2v) is 7.60. The average Bonchev–Trinajstić information content (AvgIpc) is 2.82. The maximum Gasteiger partial charge on any atom is 0.224 e. The summed E-state index contributed by atoms with van der Waals surface area (Å²) in [6, 6.07) is 18.3. The van der Waals surface area contributed by atoms with Gasteiger partial charge in [-0.05, 0) is 18.2 Å². The largest absolute Gasteiger partial charge is 0.496 e. The minimum absolute atomic E-state index is 0.183. The maximum atomic E-state index is 12.7. The van der Waals surface area contributed by atoms with Crippen LogP contribution in [0.1, 0.15) is 12.0 Å². The highest BCUT2D eigenvalue weighted by Gasteiger charge is 2.21. The first kappa shape index (κ1) is 22.5.